The Morgan fingerprint density at radius 2 is 2.33 bits per heavy atom. The summed E-state index contributed by atoms with van der Waals surface area (Å²) < 4.78 is 0. The van der Waals surface area contributed by atoms with Crippen LogP contribution in [-0.2, 0) is 4.84 Å². The molecule has 0 aromatic carbocycles. The summed E-state index contributed by atoms with van der Waals surface area (Å²) in [6, 6.07) is 0. The molecule has 0 aromatic rings. The lowest BCUT2D eigenvalue weighted by molar-refractivity contribution is -0.0289. The van der Waals surface area contributed by atoms with Crippen molar-refractivity contribution >= 4 is 5.84 Å². The molecule has 0 unspecified atom stereocenters. The van der Waals surface area contributed by atoms with Gasteiger partial charge in [0.1, 0.15) is 11.4 Å². The highest BCUT2D eigenvalue weighted by atomic mass is 16.6. The zero-order valence-corrected chi connectivity index (χ0v) is 5.85. The second kappa shape index (κ2) is 1.90. The van der Waals surface area contributed by atoms with E-state index < -0.39 is 0 Å². The van der Waals surface area contributed by atoms with Crippen molar-refractivity contribution in [2.45, 2.75) is 32.3 Å². The van der Waals surface area contributed by atoms with Crippen LogP contribution >= 0.6 is 0 Å². The summed E-state index contributed by atoms with van der Waals surface area (Å²) in [5, 5.41) is 3.68. The summed E-state index contributed by atoms with van der Waals surface area (Å²) in [6.07, 6.45) is 1.81. The molecule has 0 saturated heterocycles. The van der Waals surface area contributed by atoms with E-state index >= 15 is 0 Å². The molecule has 1 aliphatic rings. The third kappa shape index (κ3) is 1.59. The van der Waals surface area contributed by atoms with Gasteiger partial charge in [-0.3, -0.25) is 0 Å². The third-order valence-corrected chi connectivity index (χ3v) is 1.39. The molecule has 0 atom stereocenters. The summed E-state index contributed by atoms with van der Waals surface area (Å²) in [5.41, 5.74) is 5.27. The monoisotopic (exact) mass is 128 g/mol. The molecule has 1 rings (SSSR count). The van der Waals surface area contributed by atoms with Crippen molar-refractivity contribution in [1.82, 2.24) is 0 Å². The Morgan fingerprint density at radius 1 is 1.67 bits per heavy atom. The van der Waals surface area contributed by atoms with Gasteiger partial charge >= 0.3 is 0 Å². The molecule has 0 saturated carbocycles. The average molecular weight is 128 g/mol. The van der Waals surface area contributed by atoms with Crippen LogP contribution in [0.15, 0.2) is 5.16 Å². The van der Waals surface area contributed by atoms with Gasteiger partial charge in [-0.2, -0.15) is 0 Å². The molecule has 3 nitrogen and oxygen atoms in total. The molecule has 0 aromatic heterocycles. The first kappa shape index (κ1) is 6.39. The lowest BCUT2D eigenvalue weighted by atomic mass is 10.0. The standard InChI is InChI=1S/C6H12N2O/c1-6(2)4-3-5(7)8-9-6/h3-4H2,1-2H3,(H2,7,8). The Kier molecular flexibility index (Phi) is 1.35. The Hall–Kier alpha value is -0.730. The molecule has 1 aliphatic heterocycles. The zero-order valence-electron chi connectivity index (χ0n) is 5.85. The van der Waals surface area contributed by atoms with Crippen LogP contribution in [0.25, 0.3) is 0 Å². The molecule has 0 aliphatic carbocycles. The predicted octanol–water partition coefficient (Wildman–Crippen LogP) is 0.848. The summed E-state index contributed by atoms with van der Waals surface area (Å²) >= 11 is 0. The number of rotatable bonds is 0. The molecule has 9 heavy (non-hydrogen) atoms. The fourth-order valence-electron chi connectivity index (χ4n) is 0.703. The van der Waals surface area contributed by atoms with Gasteiger partial charge in [-0.05, 0) is 20.3 Å². The zero-order chi connectivity index (χ0) is 6.91. The number of oxime groups is 1. The van der Waals surface area contributed by atoms with Crippen molar-refractivity contribution < 1.29 is 4.84 Å². The average Bonchev–Trinajstić information content (AvgIpc) is 1.78. The molecule has 0 radical (unpaired) electrons. The molecule has 0 fully saturated rings. The molecular weight excluding hydrogens is 116 g/mol. The van der Waals surface area contributed by atoms with E-state index in [0.29, 0.717) is 5.84 Å². The summed E-state index contributed by atoms with van der Waals surface area (Å²) in [7, 11) is 0. The van der Waals surface area contributed by atoms with E-state index in [0.717, 1.165) is 12.8 Å². The highest BCUT2D eigenvalue weighted by Crippen LogP contribution is 2.20. The van der Waals surface area contributed by atoms with Crippen molar-refractivity contribution in [3.8, 4) is 0 Å². The maximum Gasteiger partial charge on any atom is 0.139 e. The van der Waals surface area contributed by atoms with E-state index in [9.17, 15) is 0 Å². The first-order valence-corrected chi connectivity index (χ1v) is 3.11. The second-order valence-corrected chi connectivity index (χ2v) is 2.93. The van der Waals surface area contributed by atoms with Crippen LogP contribution in [0.4, 0.5) is 0 Å². The lowest BCUT2D eigenvalue weighted by Gasteiger charge is -2.25. The smallest absolute Gasteiger partial charge is 0.139 e. The van der Waals surface area contributed by atoms with Crippen molar-refractivity contribution in [2.24, 2.45) is 10.9 Å². The van der Waals surface area contributed by atoms with Crippen LogP contribution in [0.2, 0.25) is 0 Å². The van der Waals surface area contributed by atoms with Crippen LogP contribution < -0.4 is 5.73 Å². The fraction of sp³-hybridized carbons (Fsp3) is 0.833. The van der Waals surface area contributed by atoms with E-state index in [1.54, 1.807) is 0 Å². The van der Waals surface area contributed by atoms with Crippen LogP contribution in [0.1, 0.15) is 26.7 Å². The second-order valence-electron chi connectivity index (χ2n) is 2.93. The number of hydrogen-bond acceptors (Lipinski definition) is 3. The topological polar surface area (TPSA) is 47.6 Å². The molecule has 0 bridgehead atoms. The summed E-state index contributed by atoms with van der Waals surface area (Å²) in [6.45, 7) is 4.01. The van der Waals surface area contributed by atoms with Gasteiger partial charge < -0.3 is 10.6 Å². The Morgan fingerprint density at radius 3 is 2.67 bits per heavy atom. The maximum atomic E-state index is 5.38. The van der Waals surface area contributed by atoms with Crippen LogP contribution in [0, 0.1) is 0 Å². The largest absolute Gasteiger partial charge is 0.388 e. The Labute approximate surface area is 54.9 Å². The van der Waals surface area contributed by atoms with E-state index in [-0.39, 0.29) is 5.60 Å². The molecular formula is C6H12N2O. The van der Waals surface area contributed by atoms with E-state index in [1.807, 2.05) is 13.8 Å². The number of nitrogens with two attached hydrogens (primary N) is 1. The van der Waals surface area contributed by atoms with Gasteiger partial charge in [-0.15, -0.1) is 0 Å². The molecule has 52 valence electrons. The van der Waals surface area contributed by atoms with E-state index in [4.69, 9.17) is 10.6 Å². The van der Waals surface area contributed by atoms with E-state index in [2.05, 4.69) is 5.16 Å². The van der Waals surface area contributed by atoms with Crippen LogP contribution in [-0.4, -0.2) is 11.4 Å². The van der Waals surface area contributed by atoms with Crippen molar-refractivity contribution in [3.63, 3.8) is 0 Å². The molecule has 2 N–H and O–H groups in total. The van der Waals surface area contributed by atoms with E-state index in [1.165, 1.54) is 0 Å². The molecule has 3 heteroatoms. The van der Waals surface area contributed by atoms with Gasteiger partial charge in [0.05, 0.1) is 0 Å². The van der Waals surface area contributed by atoms with Gasteiger partial charge in [0.2, 0.25) is 0 Å². The quantitative estimate of drug-likeness (QED) is 0.525. The van der Waals surface area contributed by atoms with Gasteiger partial charge in [0, 0.05) is 6.42 Å². The fourth-order valence-corrected chi connectivity index (χ4v) is 0.703. The molecule has 1 heterocycles. The molecule has 0 spiro atoms. The Bertz CT molecular complexity index is 140. The minimum atomic E-state index is -0.108. The van der Waals surface area contributed by atoms with Crippen molar-refractivity contribution in [3.05, 3.63) is 0 Å². The van der Waals surface area contributed by atoms with Gasteiger partial charge in [-0.1, -0.05) is 5.16 Å². The Balaban J connectivity index is 2.56. The number of amidine groups is 1. The van der Waals surface area contributed by atoms with Crippen LogP contribution in [0.3, 0.4) is 0 Å². The van der Waals surface area contributed by atoms with Gasteiger partial charge in [0.15, 0.2) is 0 Å². The first-order chi connectivity index (χ1) is 4.10. The minimum Gasteiger partial charge on any atom is -0.388 e. The van der Waals surface area contributed by atoms with Crippen LogP contribution in [0.5, 0.6) is 0 Å². The predicted molar refractivity (Wildman–Crippen MR) is 36.0 cm³/mol. The maximum absolute atomic E-state index is 5.38. The highest BCUT2D eigenvalue weighted by molar-refractivity contribution is 5.80. The SMILES string of the molecule is CC1(C)CCC(N)=NO1. The normalized spacial score (nSPS) is 24.4. The van der Waals surface area contributed by atoms with Gasteiger partial charge in [0.25, 0.3) is 0 Å². The highest BCUT2D eigenvalue weighted by Gasteiger charge is 2.23. The lowest BCUT2D eigenvalue weighted by Crippen LogP contribution is -2.30. The van der Waals surface area contributed by atoms with Crippen molar-refractivity contribution in [2.75, 3.05) is 0 Å². The minimum absolute atomic E-state index is 0.108. The van der Waals surface area contributed by atoms with Crippen molar-refractivity contribution in [1.29, 1.82) is 0 Å². The summed E-state index contributed by atoms with van der Waals surface area (Å²) in [5.74, 6) is 0.606. The number of nitrogens with zero attached hydrogens (tertiary/aromatic N) is 1. The summed E-state index contributed by atoms with van der Waals surface area (Å²) in [4.78, 5) is 5.04. The molecule has 0 amide bonds. The third-order valence-electron chi connectivity index (χ3n) is 1.39. The number of hydrogen-bond donors (Lipinski definition) is 1. The first-order valence-electron chi connectivity index (χ1n) is 3.11. The van der Waals surface area contributed by atoms with Gasteiger partial charge in [-0.25, -0.2) is 0 Å².